The van der Waals surface area contributed by atoms with E-state index in [0.717, 1.165) is 30.4 Å². The molecule has 0 unspecified atom stereocenters. The number of morpholine rings is 1. The van der Waals surface area contributed by atoms with Gasteiger partial charge >= 0.3 is 6.03 Å². The number of hydrogen-bond acceptors (Lipinski definition) is 4. The van der Waals surface area contributed by atoms with Gasteiger partial charge in [0, 0.05) is 32.4 Å². The van der Waals surface area contributed by atoms with Crippen LogP contribution >= 0.6 is 0 Å². The van der Waals surface area contributed by atoms with Gasteiger partial charge in [-0.05, 0) is 37.3 Å². The molecule has 2 amide bonds. The molecule has 1 aromatic heterocycles. The molecule has 2 saturated heterocycles. The van der Waals surface area contributed by atoms with E-state index in [1.807, 2.05) is 18.0 Å². The van der Waals surface area contributed by atoms with Gasteiger partial charge in [-0.25, -0.2) is 9.78 Å². The number of anilines is 1. The number of rotatable bonds is 3. The molecule has 2 fully saturated rings. The van der Waals surface area contributed by atoms with E-state index >= 15 is 0 Å². The van der Waals surface area contributed by atoms with Gasteiger partial charge in [-0.1, -0.05) is 13.0 Å². The van der Waals surface area contributed by atoms with Crippen molar-refractivity contribution in [1.29, 1.82) is 0 Å². The Hall–Kier alpha value is -1.82. The zero-order chi connectivity index (χ0) is 16.9. The van der Waals surface area contributed by atoms with Crippen molar-refractivity contribution in [3.05, 3.63) is 23.9 Å². The Kier molecular flexibility index (Phi) is 5.56. The summed E-state index contributed by atoms with van der Waals surface area (Å²) in [7, 11) is 0. The summed E-state index contributed by atoms with van der Waals surface area (Å²) >= 11 is 0. The Morgan fingerprint density at radius 3 is 2.75 bits per heavy atom. The predicted molar refractivity (Wildman–Crippen MR) is 94.1 cm³/mol. The van der Waals surface area contributed by atoms with Gasteiger partial charge in [-0.2, -0.15) is 0 Å². The van der Waals surface area contributed by atoms with Gasteiger partial charge in [0.15, 0.2) is 0 Å². The average molecular weight is 332 g/mol. The third kappa shape index (κ3) is 4.17. The van der Waals surface area contributed by atoms with Crippen LogP contribution in [0.25, 0.3) is 0 Å². The fourth-order valence-corrected chi connectivity index (χ4v) is 3.25. The summed E-state index contributed by atoms with van der Waals surface area (Å²) in [6.07, 6.45) is 4.34. The number of ether oxygens (including phenoxy) is 1. The zero-order valence-electron chi connectivity index (χ0n) is 14.7. The van der Waals surface area contributed by atoms with E-state index in [0.29, 0.717) is 26.3 Å². The normalized spacial score (nSPS) is 22.5. The molecule has 1 N–H and O–H groups in total. The minimum Gasteiger partial charge on any atom is -0.377 e. The summed E-state index contributed by atoms with van der Waals surface area (Å²) in [6.45, 7) is 8.87. The molecule has 6 nitrogen and oxygen atoms in total. The molecule has 2 aliphatic rings. The monoisotopic (exact) mass is 332 g/mol. The van der Waals surface area contributed by atoms with Crippen LogP contribution in [0.3, 0.4) is 0 Å². The highest BCUT2D eigenvalue weighted by atomic mass is 16.5. The molecule has 0 aromatic carbocycles. The minimum absolute atomic E-state index is 0.0279. The van der Waals surface area contributed by atoms with Crippen LogP contribution in [0.5, 0.6) is 0 Å². The third-order valence-corrected chi connectivity index (χ3v) is 4.99. The van der Waals surface area contributed by atoms with Crippen molar-refractivity contribution < 1.29 is 9.53 Å². The summed E-state index contributed by atoms with van der Waals surface area (Å²) in [5.74, 6) is 1.86. The fraction of sp³-hybridized carbons (Fsp3) is 0.667. The van der Waals surface area contributed by atoms with Crippen LogP contribution in [-0.4, -0.2) is 54.8 Å². The van der Waals surface area contributed by atoms with E-state index in [9.17, 15) is 4.79 Å². The van der Waals surface area contributed by atoms with E-state index in [2.05, 4.69) is 34.3 Å². The van der Waals surface area contributed by atoms with Crippen LogP contribution in [0.4, 0.5) is 10.6 Å². The quantitative estimate of drug-likeness (QED) is 0.922. The maximum Gasteiger partial charge on any atom is 0.318 e. The molecule has 3 rings (SSSR count). The fourth-order valence-electron chi connectivity index (χ4n) is 3.25. The van der Waals surface area contributed by atoms with E-state index < -0.39 is 0 Å². The second-order valence-electron chi connectivity index (χ2n) is 6.97. The lowest BCUT2D eigenvalue weighted by atomic mass is 9.99. The molecular formula is C18H28N4O2. The van der Waals surface area contributed by atoms with Crippen molar-refractivity contribution in [1.82, 2.24) is 15.2 Å². The summed E-state index contributed by atoms with van der Waals surface area (Å²) < 4.78 is 5.37. The Morgan fingerprint density at radius 2 is 2.08 bits per heavy atom. The van der Waals surface area contributed by atoms with E-state index in [1.165, 1.54) is 12.8 Å². The average Bonchev–Trinajstić information content (AvgIpc) is 2.61. The van der Waals surface area contributed by atoms with Gasteiger partial charge in [-0.15, -0.1) is 0 Å². The lowest BCUT2D eigenvalue weighted by Crippen LogP contribution is -2.51. The summed E-state index contributed by atoms with van der Waals surface area (Å²) in [5.41, 5.74) is 1.03. The van der Waals surface area contributed by atoms with Crippen LogP contribution in [0.15, 0.2) is 18.3 Å². The van der Waals surface area contributed by atoms with Crippen LogP contribution in [0, 0.1) is 5.92 Å². The molecular weight excluding hydrogens is 304 g/mol. The maximum absolute atomic E-state index is 12.3. The topological polar surface area (TPSA) is 57.7 Å². The number of carbonyl (C=O) groups excluding carboxylic acids is 1. The number of carbonyl (C=O) groups is 1. The Balaban J connectivity index is 1.50. The van der Waals surface area contributed by atoms with Gasteiger partial charge in [0.25, 0.3) is 0 Å². The van der Waals surface area contributed by atoms with Crippen LogP contribution in [0.2, 0.25) is 0 Å². The number of pyridine rings is 1. The molecule has 3 heterocycles. The summed E-state index contributed by atoms with van der Waals surface area (Å²) in [6, 6.07) is 4.22. The summed E-state index contributed by atoms with van der Waals surface area (Å²) in [4.78, 5) is 21.0. The molecule has 0 radical (unpaired) electrons. The van der Waals surface area contributed by atoms with Gasteiger partial charge in [-0.3, -0.25) is 0 Å². The number of hydrogen-bond donors (Lipinski definition) is 1. The first-order valence-electron chi connectivity index (χ1n) is 8.95. The van der Waals surface area contributed by atoms with Crippen LogP contribution in [0.1, 0.15) is 32.3 Å². The van der Waals surface area contributed by atoms with Gasteiger partial charge in [0.1, 0.15) is 5.82 Å². The highest BCUT2D eigenvalue weighted by Gasteiger charge is 2.23. The lowest BCUT2D eigenvalue weighted by Gasteiger charge is -2.33. The number of aromatic nitrogens is 1. The first-order chi connectivity index (χ1) is 11.6. The van der Waals surface area contributed by atoms with E-state index in [1.54, 1.807) is 0 Å². The first kappa shape index (κ1) is 17.0. The lowest BCUT2D eigenvalue weighted by molar-refractivity contribution is 0.0190. The molecule has 24 heavy (non-hydrogen) atoms. The Bertz CT molecular complexity index is 540. The molecule has 1 aromatic rings. The molecule has 0 bridgehead atoms. The third-order valence-electron chi connectivity index (χ3n) is 4.99. The van der Waals surface area contributed by atoms with Crippen molar-refractivity contribution in [2.24, 2.45) is 5.92 Å². The van der Waals surface area contributed by atoms with Gasteiger partial charge in [0.2, 0.25) is 0 Å². The number of piperidine rings is 1. The van der Waals surface area contributed by atoms with E-state index in [4.69, 9.17) is 4.74 Å². The zero-order valence-corrected chi connectivity index (χ0v) is 14.7. The van der Waals surface area contributed by atoms with Crippen molar-refractivity contribution >= 4 is 11.8 Å². The first-order valence-corrected chi connectivity index (χ1v) is 8.95. The number of nitrogens with one attached hydrogen (secondary N) is 1. The molecule has 0 aliphatic carbocycles. The van der Waals surface area contributed by atoms with Crippen LogP contribution < -0.4 is 10.2 Å². The highest BCUT2D eigenvalue weighted by Crippen LogP contribution is 2.21. The predicted octanol–water partition coefficient (Wildman–Crippen LogP) is 2.25. The molecule has 1 atom stereocenters. The molecule has 2 aliphatic heterocycles. The molecule has 0 saturated carbocycles. The molecule has 132 valence electrons. The maximum atomic E-state index is 12.3. The molecule has 6 heteroatoms. The Labute approximate surface area is 144 Å². The second kappa shape index (κ2) is 7.83. The number of amides is 2. The number of nitrogens with zero attached hydrogens (tertiary/aromatic N) is 3. The highest BCUT2D eigenvalue weighted by molar-refractivity contribution is 5.74. The van der Waals surface area contributed by atoms with Crippen molar-refractivity contribution in [2.45, 2.75) is 39.3 Å². The van der Waals surface area contributed by atoms with Gasteiger partial charge in [0.05, 0.1) is 19.3 Å². The molecule has 0 spiro atoms. The van der Waals surface area contributed by atoms with Crippen molar-refractivity contribution in [2.75, 3.05) is 37.7 Å². The number of urea groups is 1. The standard InChI is InChI=1S/C18H28N4O2/c1-14-5-7-21(8-6-14)17-4-3-16(11-19-17)12-20-18(23)22-9-10-24-13-15(22)2/h3-4,11,14-15H,5-10,12-13H2,1-2H3,(H,20,23)/t15-/m0/s1. The van der Waals surface area contributed by atoms with Crippen molar-refractivity contribution in [3.8, 4) is 0 Å². The minimum atomic E-state index is -0.0279. The van der Waals surface area contributed by atoms with Crippen LogP contribution in [-0.2, 0) is 11.3 Å². The smallest absolute Gasteiger partial charge is 0.318 e. The summed E-state index contributed by atoms with van der Waals surface area (Å²) in [5, 5.41) is 2.98. The van der Waals surface area contributed by atoms with E-state index in [-0.39, 0.29) is 12.1 Å². The Morgan fingerprint density at radius 1 is 1.29 bits per heavy atom. The largest absolute Gasteiger partial charge is 0.377 e. The SMILES string of the molecule is CC1CCN(c2ccc(CNC(=O)N3CCOC[C@@H]3C)cn2)CC1. The van der Waals surface area contributed by atoms with Crippen molar-refractivity contribution in [3.63, 3.8) is 0 Å². The second-order valence-corrected chi connectivity index (χ2v) is 6.97. The van der Waals surface area contributed by atoms with Gasteiger partial charge < -0.3 is 19.9 Å².